The minimum absolute atomic E-state index is 0.0730. The maximum atomic E-state index is 13.1. The highest BCUT2D eigenvalue weighted by Gasteiger charge is 2.18. The predicted molar refractivity (Wildman–Crippen MR) is 126 cm³/mol. The number of aryl methyl sites for hydroxylation is 2. The molecule has 0 aliphatic rings. The largest absolute Gasteiger partial charge is 0.352 e. The third kappa shape index (κ3) is 6.65. The summed E-state index contributed by atoms with van der Waals surface area (Å²) in [5.74, 6) is -0.584. The molecular weight excluding hydrogens is 427 g/mol. The number of carbonyl (C=O) groups is 1. The summed E-state index contributed by atoms with van der Waals surface area (Å²) in [6.45, 7) is 2.68. The van der Waals surface area contributed by atoms with E-state index >= 15 is 0 Å². The van der Waals surface area contributed by atoms with E-state index in [0.717, 1.165) is 19.1 Å². The molecule has 0 saturated heterocycles. The Morgan fingerprint density at radius 3 is 2.28 bits per heavy atom. The van der Waals surface area contributed by atoms with Gasteiger partial charge in [0.05, 0.1) is 18.5 Å². The lowest BCUT2D eigenvalue weighted by Gasteiger charge is -2.22. The second-order valence-corrected chi connectivity index (χ2v) is 9.70. The van der Waals surface area contributed by atoms with Crippen LogP contribution in [0.15, 0.2) is 72.8 Å². The number of anilines is 1. The van der Waals surface area contributed by atoms with E-state index < -0.39 is 10.0 Å². The van der Waals surface area contributed by atoms with E-state index in [4.69, 9.17) is 0 Å². The molecule has 0 heterocycles. The number of benzene rings is 3. The van der Waals surface area contributed by atoms with Crippen molar-refractivity contribution in [1.82, 2.24) is 5.32 Å². The first-order valence-corrected chi connectivity index (χ1v) is 12.2. The van der Waals surface area contributed by atoms with Crippen molar-refractivity contribution < 1.29 is 17.6 Å². The van der Waals surface area contributed by atoms with Crippen LogP contribution in [0.4, 0.5) is 10.1 Å². The second-order valence-electron chi connectivity index (χ2n) is 7.79. The summed E-state index contributed by atoms with van der Waals surface area (Å²) in [4.78, 5) is 12.4. The highest BCUT2D eigenvalue weighted by atomic mass is 32.2. The molecule has 0 fully saturated rings. The molecule has 7 heteroatoms. The standard InChI is InChI=1S/C25H27FN2O3S/c1-19-5-3-6-20(17-19)7-4-16-27-25(29)22-10-14-24(15-11-22)28(32(2,30)31)18-21-8-12-23(26)13-9-21/h3,5-6,8-15,17H,4,7,16,18H2,1-2H3,(H,27,29). The number of amides is 1. The Balaban J connectivity index is 1.60. The summed E-state index contributed by atoms with van der Waals surface area (Å²) in [6.07, 6.45) is 2.83. The summed E-state index contributed by atoms with van der Waals surface area (Å²) in [7, 11) is -3.57. The smallest absolute Gasteiger partial charge is 0.251 e. The number of nitrogens with one attached hydrogen (secondary N) is 1. The average Bonchev–Trinajstić information content (AvgIpc) is 2.75. The molecule has 3 aromatic rings. The molecule has 0 atom stereocenters. The molecule has 0 spiro atoms. The molecule has 0 bridgehead atoms. The third-order valence-corrected chi connectivity index (χ3v) is 6.21. The van der Waals surface area contributed by atoms with Crippen LogP contribution in [0.3, 0.4) is 0 Å². The van der Waals surface area contributed by atoms with Crippen LogP contribution < -0.4 is 9.62 Å². The van der Waals surface area contributed by atoms with E-state index in [-0.39, 0.29) is 18.3 Å². The minimum Gasteiger partial charge on any atom is -0.352 e. The fourth-order valence-electron chi connectivity index (χ4n) is 3.40. The van der Waals surface area contributed by atoms with Gasteiger partial charge in [0.1, 0.15) is 5.82 Å². The van der Waals surface area contributed by atoms with Gasteiger partial charge in [-0.25, -0.2) is 12.8 Å². The van der Waals surface area contributed by atoms with E-state index in [2.05, 4.69) is 30.4 Å². The monoisotopic (exact) mass is 454 g/mol. The van der Waals surface area contributed by atoms with Crippen molar-refractivity contribution in [2.75, 3.05) is 17.1 Å². The molecule has 0 unspecified atom stereocenters. The van der Waals surface area contributed by atoms with Crippen molar-refractivity contribution in [3.8, 4) is 0 Å². The van der Waals surface area contributed by atoms with Crippen LogP contribution >= 0.6 is 0 Å². The lowest BCUT2D eigenvalue weighted by Crippen LogP contribution is -2.29. The van der Waals surface area contributed by atoms with E-state index in [9.17, 15) is 17.6 Å². The number of carbonyl (C=O) groups excluding carboxylic acids is 1. The average molecular weight is 455 g/mol. The highest BCUT2D eigenvalue weighted by molar-refractivity contribution is 7.92. The van der Waals surface area contributed by atoms with E-state index in [1.54, 1.807) is 36.4 Å². The molecule has 0 aromatic heterocycles. The molecule has 0 aliphatic carbocycles. The summed E-state index contributed by atoms with van der Waals surface area (Å²) < 4.78 is 39.0. The Kier molecular flexibility index (Phi) is 7.64. The normalized spacial score (nSPS) is 11.2. The number of hydrogen-bond acceptors (Lipinski definition) is 3. The second kappa shape index (κ2) is 10.4. The first-order valence-electron chi connectivity index (χ1n) is 10.4. The Morgan fingerprint density at radius 2 is 1.66 bits per heavy atom. The lowest BCUT2D eigenvalue weighted by atomic mass is 10.1. The molecule has 5 nitrogen and oxygen atoms in total. The van der Waals surface area contributed by atoms with Crippen molar-refractivity contribution >= 4 is 21.6 Å². The summed E-state index contributed by atoms with van der Waals surface area (Å²) in [5, 5.41) is 2.90. The number of sulfonamides is 1. The fourth-order valence-corrected chi connectivity index (χ4v) is 4.29. The Morgan fingerprint density at radius 1 is 0.969 bits per heavy atom. The van der Waals surface area contributed by atoms with Gasteiger partial charge in [0, 0.05) is 12.1 Å². The van der Waals surface area contributed by atoms with Crippen molar-refractivity contribution in [2.24, 2.45) is 0 Å². The van der Waals surface area contributed by atoms with Crippen molar-refractivity contribution in [3.63, 3.8) is 0 Å². The summed E-state index contributed by atoms with van der Waals surface area (Å²) in [5.41, 5.74) is 4.01. The molecule has 1 amide bonds. The number of nitrogens with zero attached hydrogens (tertiary/aromatic N) is 1. The minimum atomic E-state index is -3.57. The zero-order valence-electron chi connectivity index (χ0n) is 18.2. The van der Waals surface area contributed by atoms with Crippen LogP contribution in [0.2, 0.25) is 0 Å². The van der Waals surface area contributed by atoms with Crippen molar-refractivity contribution in [1.29, 1.82) is 0 Å². The maximum Gasteiger partial charge on any atom is 0.251 e. The van der Waals surface area contributed by atoms with Crippen LogP contribution in [0, 0.1) is 12.7 Å². The molecule has 1 N–H and O–H groups in total. The van der Waals surface area contributed by atoms with Gasteiger partial charge in [-0.3, -0.25) is 9.10 Å². The van der Waals surface area contributed by atoms with Crippen LogP contribution in [-0.4, -0.2) is 27.1 Å². The lowest BCUT2D eigenvalue weighted by molar-refractivity contribution is 0.0953. The molecule has 0 saturated carbocycles. The van der Waals surface area contributed by atoms with E-state index in [0.29, 0.717) is 23.4 Å². The van der Waals surface area contributed by atoms with Gasteiger partial charge in [0.2, 0.25) is 10.0 Å². The van der Waals surface area contributed by atoms with Crippen LogP contribution in [-0.2, 0) is 23.0 Å². The summed E-state index contributed by atoms with van der Waals surface area (Å²) in [6, 6.07) is 20.4. The zero-order chi connectivity index (χ0) is 23.1. The van der Waals surface area contributed by atoms with E-state index in [1.165, 1.54) is 27.6 Å². The molecule has 32 heavy (non-hydrogen) atoms. The number of hydrogen-bond donors (Lipinski definition) is 1. The topological polar surface area (TPSA) is 66.5 Å². The van der Waals surface area contributed by atoms with Gasteiger partial charge in [-0.05, 0) is 67.3 Å². The fraction of sp³-hybridized carbons (Fsp3) is 0.240. The predicted octanol–water partition coefficient (Wildman–Crippen LogP) is 4.46. The van der Waals surface area contributed by atoms with Gasteiger partial charge in [-0.15, -0.1) is 0 Å². The van der Waals surface area contributed by atoms with E-state index in [1.807, 2.05) is 6.07 Å². The zero-order valence-corrected chi connectivity index (χ0v) is 19.0. The first-order chi connectivity index (χ1) is 15.2. The molecule has 3 aromatic carbocycles. The van der Waals surface area contributed by atoms with Crippen LogP contribution in [0.25, 0.3) is 0 Å². The van der Waals surface area contributed by atoms with Crippen LogP contribution in [0.5, 0.6) is 0 Å². The highest BCUT2D eigenvalue weighted by Crippen LogP contribution is 2.21. The quantitative estimate of drug-likeness (QED) is 0.486. The van der Waals surface area contributed by atoms with Crippen molar-refractivity contribution in [2.45, 2.75) is 26.3 Å². The Hall–Kier alpha value is -3.19. The molecular formula is C25H27FN2O3S. The number of halogens is 1. The first kappa shape index (κ1) is 23.5. The van der Waals surface area contributed by atoms with Gasteiger partial charge in [-0.2, -0.15) is 0 Å². The molecule has 168 valence electrons. The SMILES string of the molecule is Cc1cccc(CCCNC(=O)c2ccc(N(Cc3ccc(F)cc3)S(C)(=O)=O)cc2)c1. The Bertz CT molecular complexity index is 1160. The molecule has 3 rings (SSSR count). The van der Waals surface area contributed by atoms with Crippen LogP contribution in [0.1, 0.15) is 33.5 Å². The van der Waals surface area contributed by atoms with Gasteiger partial charge < -0.3 is 5.32 Å². The summed E-state index contributed by atoms with van der Waals surface area (Å²) >= 11 is 0. The maximum absolute atomic E-state index is 13.1. The molecule has 0 radical (unpaired) electrons. The number of rotatable bonds is 9. The molecule has 0 aliphatic heterocycles. The van der Waals surface area contributed by atoms with Gasteiger partial charge >= 0.3 is 0 Å². The van der Waals surface area contributed by atoms with Gasteiger partial charge in [-0.1, -0.05) is 42.0 Å². The third-order valence-electron chi connectivity index (χ3n) is 5.07. The van der Waals surface area contributed by atoms with Crippen molar-refractivity contribution in [3.05, 3.63) is 101 Å². The van der Waals surface area contributed by atoms with Gasteiger partial charge in [0.25, 0.3) is 5.91 Å². The van der Waals surface area contributed by atoms with Gasteiger partial charge in [0.15, 0.2) is 0 Å². The Labute approximate surface area is 188 Å².